The van der Waals surface area contributed by atoms with Gasteiger partial charge < -0.3 is 20.1 Å². The summed E-state index contributed by atoms with van der Waals surface area (Å²) in [5, 5.41) is 29.3. The summed E-state index contributed by atoms with van der Waals surface area (Å²) >= 11 is 0. The lowest BCUT2D eigenvalue weighted by molar-refractivity contribution is -0.137. The van der Waals surface area contributed by atoms with Crippen LogP contribution in [0, 0.1) is 25.7 Å². The summed E-state index contributed by atoms with van der Waals surface area (Å²) in [4.78, 5) is 10.7. The molecule has 1 atom stereocenters. The molecule has 0 heterocycles. The van der Waals surface area contributed by atoms with Crippen LogP contribution in [0.5, 0.6) is 5.75 Å². The van der Waals surface area contributed by atoms with Gasteiger partial charge in [0, 0.05) is 17.4 Å². The van der Waals surface area contributed by atoms with Gasteiger partial charge in [-0.2, -0.15) is 0 Å². The van der Waals surface area contributed by atoms with Gasteiger partial charge in [0.1, 0.15) is 18.0 Å². The molecule has 5 nitrogen and oxygen atoms in total. The second-order valence-electron chi connectivity index (χ2n) is 9.69. The second kappa shape index (κ2) is 12.9. The zero-order valence-corrected chi connectivity index (χ0v) is 22.6. The summed E-state index contributed by atoms with van der Waals surface area (Å²) < 4.78 is 5.80. The van der Waals surface area contributed by atoms with Crippen LogP contribution in [0.2, 0.25) is 0 Å². The average molecular weight is 495 g/mol. The van der Waals surface area contributed by atoms with Gasteiger partial charge in [0.15, 0.2) is 0 Å². The van der Waals surface area contributed by atoms with Crippen molar-refractivity contribution in [3.63, 3.8) is 0 Å². The minimum Gasteiger partial charge on any atom is -0.491 e. The van der Waals surface area contributed by atoms with Gasteiger partial charge in [-0.1, -0.05) is 63.8 Å². The maximum absolute atomic E-state index is 10.7. The predicted molar refractivity (Wildman–Crippen MR) is 145 cm³/mol. The molecule has 196 valence electrons. The molecule has 2 aromatic rings. The lowest BCUT2D eigenvalue weighted by atomic mass is 9.70. The van der Waals surface area contributed by atoms with Crippen LogP contribution >= 0.6 is 0 Å². The predicted octanol–water partition coefficient (Wildman–Crippen LogP) is 5.92. The largest absolute Gasteiger partial charge is 0.491 e. The van der Waals surface area contributed by atoms with Crippen LogP contribution in [0.15, 0.2) is 36.4 Å². The zero-order chi connectivity index (χ0) is 26.9. The number of aliphatic hydroxyl groups excluding tert-OH is 1. The molecule has 36 heavy (non-hydrogen) atoms. The molecule has 0 aliphatic heterocycles. The third-order valence-electron chi connectivity index (χ3n) is 7.44. The van der Waals surface area contributed by atoms with Crippen molar-refractivity contribution in [2.75, 3.05) is 6.61 Å². The number of carbonyl (C=O) groups is 1. The van der Waals surface area contributed by atoms with Crippen molar-refractivity contribution in [2.24, 2.45) is 0 Å². The van der Waals surface area contributed by atoms with E-state index in [1.165, 1.54) is 11.1 Å². The molecule has 0 aromatic heterocycles. The Kier molecular flexibility index (Phi) is 10.6. The lowest BCUT2D eigenvalue weighted by Gasteiger charge is -2.34. The number of rotatable bonds is 12. The van der Waals surface area contributed by atoms with Crippen LogP contribution < -0.4 is 4.74 Å². The highest BCUT2D eigenvalue weighted by molar-refractivity contribution is 5.66. The van der Waals surface area contributed by atoms with Crippen molar-refractivity contribution in [2.45, 2.75) is 97.2 Å². The van der Waals surface area contributed by atoms with E-state index in [-0.39, 0.29) is 24.9 Å². The molecule has 0 aliphatic carbocycles. The van der Waals surface area contributed by atoms with Crippen LogP contribution in [0.3, 0.4) is 0 Å². The first-order chi connectivity index (χ1) is 17.0. The van der Waals surface area contributed by atoms with Gasteiger partial charge >= 0.3 is 5.97 Å². The number of carboxylic acid groups (broad SMARTS) is 1. The van der Waals surface area contributed by atoms with Gasteiger partial charge in [0.25, 0.3) is 0 Å². The van der Waals surface area contributed by atoms with Crippen molar-refractivity contribution >= 4 is 5.97 Å². The molecule has 0 saturated heterocycles. The Labute approximate surface area is 216 Å². The highest BCUT2D eigenvalue weighted by Crippen LogP contribution is 2.41. The first kappa shape index (κ1) is 29.4. The highest BCUT2D eigenvalue weighted by atomic mass is 16.5. The van der Waals surface area contributed by atoms with E-state index in [1.807, 2.05) is 26.8 Å². The third-order valence-corrected chi connectivity index (χ3v) is 7.44. The van der Waals surface area contributed by atoms with Crippen LogP contribution in [0.1, 0.15) is 94.0 Å². The molecule has 5 heteroatoms. The Morgan fingerprint density at radius 2 is 1.53 bits per heavy atom. The van der Waals surface area contributed by atoms with E-state index in [4.69, 9.17) is 9.84 Å². The molecule has 0 saturated carbocycles. The van der Waals surface area contributed by atoms with Crippen molar-refractivity contribution < 1.29 is 24.9 Å². The number of hydrogen-bond donors (Lipinski definition) is 3. The molecular formula is C31H42O5. The van der Waals surface area contributed by atoms with Gasteiger partial charge in [0.05, 0.1) is 6.10 Å². The third kappa shape index (κ3) is 7.12. The minimum absolute atomic E-state index is 0.0625. The van der Waals surface area contributed by atoms with E-state index in [2.05, 4.69) is 62.9 Å². The molecule has 0 amide bonds. The van der Waals surface area contributed by atoms with Crippen LogP contribution in [-0.2, 0) is 10.2 Å². The Hall–Kier alpha value is -2.81. The number of aliphatic hydroxyl groups is 2. The minimum atomic E-state index is -0.949. The molecule has 0 spiro atoms. The van der Waals surface area contributed by atoms with Crippen molar-refractivity contribution in [1.29, 1.82) is 0 Å². The van der Waals surface area contributed by atoms with Crippen molar-refractivity contribution in [1.82, 2.24) is 0 Å². The standard InChI is InChI=1S/C31H42O5/c1-7-30(35,8-2)18-17-24-11-12-25(19-22(24)5)31(9-3,10-4)26-13-15-28(23(6)20-26)36-21-27(32)14-16-29(33)34/h11-13,15,19-20,27,32,35H,7-10,14,16,21H2,1-6H3,(H,33,34)/t27-/m1/s1. The van der Waals surface area contributed by atoms with E-state index in [9.17, 15) is 15.0 Å². The molecule has 2 rings (SSSR count). The van der Waals surface area contributed by atoms with E-state index in [1.54, 1.807) is 0 Å². The number of benzene rings is 2. The number of ether oxygens (including phenoxy) is 1. The first-order valence-electron chi connectivity index (χ1n) is 13.0. The van der Waals surface area contributed by atoms with E-state index in [0.717, 1.165) is 29.5 Å². The van der Waals surface area contributed by atoms with Gasteiger partial charge in [-0.3, -0.25) is 4.79 Å². The molecule has 0 bridgehead atoms. The number of hydrogen-bond acceptors (Lipinski definition) is 4. The van der Waals surface area contributed by atoms with E-state index >= 15 is 0 Å². The summed E-state index contributed by atoms with van der Waals surface area (Å²) in [6.07, 6.45) is 2.31. The molecule has 0 aliphatic rings. The van der Waals surface area contributed by atoms with Crippen LogP contribution in [-0.4, -0.2) is 39.6 Å². The molecule has 0 radical (unpaired) electrons. The van der Waals surface area contributed by atoms with Gasteiger partial charge in [-0.15, -0.1) is 0 Å². The quantitative estimate of drug-likeness (QED) is 0.319. The fourth-order valence-corrected chi connectivity index (χ4v) is 4.61. The molecular weight excluding hydrogens is 452 g/mol. The topological polar surface area (TPSA) is 87.0 Å². The van der Waals surface area contributed by atoms with Crippen LogP contribution in [0.25, 0.3) is 0 Å². The smallest absolute Gasteiger partial charge is 0.303 e. The molecule has 0 fully saturated rings. The average Bonchev–Trinajstić information content (AvgIpc) is 2.87. The number of aliphatic carboxylic acids is 1. The Balaban J connectivity index is 2.32. The van der Waals surface area contributed by atoms with Gasteiger partial charge in [0.2, 0.25) is 0 Å². The summed E-state index contributed by atoms with van der Waals surface area (Å²) in [5.74, 6) is 6.02. The normalized spacial score (nSPS) is 12.6. The molecule has 3 N–H and O–H groups in total. The van der Waals surface area contributed by atoms with Gasteiger partial charge in [-0.05, 0) is 80.3 Å². The lowest BCUT2D eigenvalue weighted by Crippen LogP contribution is -2.26. The van der Waals surface area contributed by atoms with Gasteiger partial charge in [-0.25, -0.2) is 0 Å². The monoisotopic (exact) mass is 494 g/mol. The summed E-state index contributed by atoms with van der Waals surface area (Å²) in [6, 6.07) is 12.6. The number of carboxylic acids is 1. The van der Waals surface area contributed by atoms with Crippen LogP contribution in [0.4, 0.5) is 0 Å². The highest BCUT2D eigenvalue weighted by Gasteiger charge is 2.31. The second-order valence-corrected chi connectivity index (χ2v) is 9.69. The van der Waals surface area contributed by atoms with E-state index < -0.39 is 17.7 Å². The first-order valence-corrected chi connectivity index (χ1v) is 13.0. The van der Waals surface area contributed by atoms with Crippen molar-refractivity contribution in [3.05, 3.63) is 64.2 Å². The fourth-order valence-electron chi connectivity index (χ4n) is 4.61. The SMILES string of the molecule is CCC(O)(C#Cc1ccc(C(CC)(CC)c2ccc(OC[C@H](O)CCC(=O)O)c(C)c2)cc1C)CC. The maximum atomic E-state index is 10.7. The Bertz CT molecular complexity index is 1080. The zero-order valence-electron chi connectivity index (χ0n) is 22.6. The summed E-state index contributed by atoms with van der Waals surface area (Å²) in [7, 11) is 0. The van der Waals surface area contributed by atoms with Crippen molar-refractivity contribution in [3.8, 4) is 17.6 Å². The summed E-state index contributed by atoms with van der Waals surface area (Å²) in [6.45, 7) is 12.4. The molecule has 0 unspecified atom stereocenters. The molecule has 2 aromatic carbocycles. The van der Waals surface area contributed by atoms with E-state index in [0.29, 0.717) is 18.6 Å². The fraction of sp³-hybridized carbons (Fsp3) is 0.516. The number of aryl methyl sites for hydroxylation is 2. The Morgan fingerprint density at radius 1 is 0.944 bits per heavy atom. The summed E-state index contributed by atoms with van der Waals surface area (Å²) in [5.41, 5.74) is 4.31. The Morgan fingerprint density at radius 3 is 2.03 bits per heavy atom. The maximum Gasteiger partial charge on any atom is 0.303 e.